The Balaban J connectivity index is 1.98. The number of amides is 1. The molecule has 1 aliphatic heterocycles. The van der Waals surface area contributed by atoms with Crippen molar-refractivity contribution in [2.75, 3.05) is 17.2 Å². The van der Waals surface area contributed by atoms with E-state index in [2.05, 4.69) is 10.5 Å². The summed E-state index contributed by atoms with van der Waals surface area (Å²) in [7, 11) is -3.06. The van der Waals surface area contributed by atoms with Crippen LogP contribution in [-0.2, 0) is 14.6 Å². The minimum Gasteiger partial charge on any atom is -0.399 e. The van der Waals surface area contributed by atoms with Crippen molar-refractivity contribution in [2.45, 2.75) is 13.3 Å². The minimum atomic E-state index is -3.06. The van der Waals surface area contributed by atoms with Gasteiger partial charge in [-0.25, -0.2) is 13.8 Å². The fraction of sp³-hybridized carbons (Fsp3) is 0.385. The molecule has 1 heterocycles. The second kappa shape index (κ2) is 5.62. The summed E-state index contributed by atoms with van der Waals surface area (Å²) in [6.45, 7) is 1.76. The summed E-state index contributed by atoms with van der Waals surface area (Å²) in [5.74, 6) is -0.857. The zero-order chi connectivity index (χ0) is 14.8. The molecule has 0 spiro atoms. The van der Waals surface area contributed by atoms with E-state index in [1.165, 1.54) is 0 Å². The molecule has 108 valence electrons. The van der Waals surface area contributed by atoms with Gasteiger partial charge >= 0.3 is 0 Å². The van der Waals surface area contributed by atoms with Crippen LogP contribution in [0.3, 0.4) is 0 Å². The van der Waals surface area contributed by atoms with E-state index in [0.717, 1.165) is 5.56 Å². The molecule has 0 radical (unpaired) electrons. The Bertz CT molecular complexity index is 635. The Morgan fingerprint density at radius 2 is 2.00 bits per heavy atom. The summed E-state index contributed by atoms with van der Waals surface area (Å²) in [4.78, 5) is 11.8. The van der Waals surface area contributed by atoms with Gasteiger partial charge in [-0.1, -0.05) is 12.1 Å². The molecule has 0 bridgehead atoms. The van der Waals surface area contributed by atoms with Gasteiger partial charge in [-0.15, -0.1) is 0 Å². The molecule has 2 rings (SSSR count). The normalized spacial score (nSPS) is 21.6. The summed E-state index contributed by atoms with van der Waals surface area (Å²) in [5, 5.41) is 4.00. The third kappa shape index (κ3) is 3.57. The van der Waals surface area contributed by atoms with Crippen molar-refractivity contribution in [3.63, 3.8) is 0 Å². The van der Waals surface area contributed by atoms with Crippen LogP contribution in [-0.4, -0.2) is 31.5 Å². The number of sulfone groups is 1. The standard InChI is InChI=1S/C13H17N3O3S/c1-9(10-2-4-12(14)5-3-10)15-16-13(17)11-6-7-20(18,19)8-11/h2-5,11H,6-8,14H2,1H3,(H,16,17)/b15-9-/t11-/m1/s1. The molecule has 1 atom stereocenters. The lowest BCUT2D eigenvalue weighted by Crippen LogP contribution is -2.28. The Kier molecular flexibility index (Phi) is 4.08. The highest BCUT2D eigenvalue weighted by molar-refractivity contribution is 7.91. The predicted octanol–water partition coefficient (Wildman–Crippen LogP) is 0.544. The van der Waals surface area contributed by atoms with Gasteiger partial charge in [0.05, 0.1) is 23.1 Å². The molecule has 1 aromatic carbocycles. The highest BCUT2D eigenvalue weighted by Crippen LogP contribution is 2.18. The first-order valence-electron chi connectivity index (χ1n) is 6.28. The monoisotopic (exact) mass is 295 g/mol. The van der Waals surface area contributed by atoms with Crippen LogP contribution in [0.2, 0.25) is 0 Å². The number of hydrazone groups is 1. The van der Waals surface area contributed by atoms with E-state index in [1.54, 1.807) is 31.2 Å². The quantitative estimate of drug-likeness (QED) is 0.483. The first-order valence-corrected chi connectivity index (χ1v) is 8.10. The lowest BCUT2D eigenvalue weighted by atomic mass is 10.1. The van der Waals surface area contributed by atoms with E-state index in [1.807, 2.05) is 0 Å². The molecule has 0 aliphatic carbocycles. The molecule has 0 saturated carbocycles. The van der Waals surface area contributed by atoms with Crippen molar-refractivity contribution in [3.8, 4) is 0 Å². The first kappa shape index (κ1) is 14.5. The Morgan fingerprint density at radius 1 is 1.35 bits per heavy atom. The number of nitrogens with two attached hydrogens (primary N) is 1. The van der Waals surface area contributed by atoms with E-state index >= 15 is 0 Å². The maximum atomic E-state index is 11.8. The molecule has 1 saturated heterocycles. The van der Waals surface area contributed by atoms with Crippen LogP contribution in [0, 0.1) is 5.92 Å². The molecular weight excluding hydrogens is 278 g/mol. The Hall–Kier alpha value is -1.89. The van der Waals surface area contributed by atoms with Crippen LogP contribution in [0.5, 0.6) is 0 Å². The van der Waals surface area contributed by atoms with Gasteiger partial charge in [0, 0.05) is 5.69 Å². The number of benzene rings is 1. The molecule has 7 heteroatoms. The van der Waals surface area contributed by atoms with Gasteiger partial charge in [0.15, 0.2) is 9.84 Å². The topological polar surface area (TPSA) is 102 Å². The van der Waals surface area contributed by atoms with Crippen molar-refractivity contribution in [1.82, 2.24) is 5.43 Å². The van der Waals surface area contributed by atoms with E-state index < -0.39 is 15.8 Å². The predicted molar refractivity (Wildman–Crippen MR) is 78.0 cm³/mol. The lowest BCUT2D eigenvalue weighted by molar-refractivity contribution is -0.124. The lowest BCUT2D eigenvalue weighted by Gasteiger charge is -2.06. The van der Waals surface area contributed by atoms with Gasteiger partial charge in [-0.3, -0.25) is 4.79 Å². The third-order valence-electron chi connectivity index (χ3n) is 3.27. The molecule has 1 aliphatic rings. The third-order valence-corrected chi connectivity index (χ3v) is 5.03. The summed E-state index contributed by atoms with van der Waals surface area (Å²) in [6.07, 6.45) is 0.366. The maximum Gasteiger partial charge on any atom is 0.244 e. The van der Waals surface area contributed by atoms with Gasteiger partial charge in [0.1, 0.15) is 0 Å². The minimum absolute atomic E-state index is 0.0751. The second-order valence-corrected chi connectivity index (χ2v) is 7.12. The number of carbonyl (C=O) groups excluding carboxylic acids is 1. The number of hydrogen-bond acceptors (Lipinski definition) is 5. The van der Waals surface area contributed by atoms with Crippen molar-refractivity contribution in [1.29, 1.82) is 0 Å². The van der Waals surface area contributed by atoms with Crippen LogP contribution in [0.1, 0.15) is 18.9 Å². The van der Waals surface area contributed by atoms with Crippen LogP contribution in [0.25, 0.3) is 0 Å². The zero-order valence-electron chi connectivity index (χ0n) is 11.2. The first-order chi connectivity index (χ1) is 9.37. The molecule has 1 amide bonds. The number of anilines is 1. The van der Waals surface area contributed by atoms with Crippen molar-refractivity contribution < 1.29 is 13.2 Å². The zero-order valence-corrected chi connectivity index (χ0v) is 12.0. The van der Waals surface area contributed by atoms with Gasteiger partial charge < -0.3 is 5.73 Å². The number of nitrogen functional groups attached to an aromatic ring is 1. The molecule has 3 N–H and O–H groups in total. The second-order valence-electron chi connectivity index (χ2n) is 4.90. The fourth-order valence-corrected chi connectivity index (χ4v) is 3.76. The summed E-state index contributed by atoms with van der Waals surface area (Å²) in [5.41, 5.74) is 10.2. The number of rotatable bonds is 3. The molecule has 1 aromatic rings. The van der Waals surface area contributed by atoms with Crippen LogP contribution in [0.4, 0.5) is 5.69 Å². The smallest absolute Gasteiger partial charge is 0.244 e. The maximum absolute atomic E-state index is 11.8. The SMILES string of the molecule is C/C(=N/NC(=O)[C@@H]1CCS(=O)(=O)C1)c1ccc(N)cc1. The van der Waals surface area contributed by atoms with Gasteiger partial charge in [-0.2, -0.15) is 5.10 Å². The van der Waals surface area contributed by atoms with Gasteiger partial charge in [0.2, 0.25) is 5.91 Å². The van der Waals surface area contributed by atoms with Crippen LogP contribution >= 0.6 is 0 Å². The van der Waals surface area contributed by atoms with Crippen LogP contribution < -0.4 is 11.2 Å². The molecule has 0 aromatic heterocycles. The number of hydrogen-bond donors (Lipinski definition) is 2. The highest BCUT2D eigenvalue weighted by Gasteiger charge is 2.32. The molecule has 6 nitrogen and oxygen atoms in total. The Labute approximate surface area is 118 Å². The van der Waals surface area contributed by atoms with E-state index in [4.69, 9.17) is 5.73 Å². The molecule has 20 heavy (non-hydrogen) atoms. The van der Waals surface area contributed by atoms with Gasteiger partial charge in [0.25, 0.3) is 0 Å². The number of nitrogens with one attached hydrogen (secondary N) is 1. The van der Waals surface area contributed by atoms with E-state index in [9.17, 15) is 13.2 Å². The van der Waals surface area contributed by atoms with E-state index in [0.29, 0.717) is 17.8 Å². The molecule has 0 unspecified atom stereocenters. The highest BCUT2D eigenvalue weighted by atomic mass is 32.2. The summed E-state index contributed by atoms with van der Waals surface area (Å²) < 4.78 is 22.6. The van der Waals surface area contributed by atoms with Crippen LogP contribution in [0.15, 0.2) is 29.4 Å². The fourth-order valence-electron chi connectivity index (χ4n) is 2.02. The Morgan fingerprint density at radius 3 is 2.55 bits per heavy atom. The van der Waals surface area contributed by atoms with Gasteiger partial charge in [-0.05, 0) is 31.0 Å². The van der Waals surface area contributed by atoms with Crippen molar-refractivity contribution >= 4 is 27.1 Å². The largest absolute Gasteiger partial charge is 0.399 e. The van der Waals surface area contributed by atoms with Crippen molar-refractivity contribution in [2.24, 2.45) is 11.0 Å². The molecule has 1 fully saturated rings. The number of nitrogens with zero attached hydrogens (tertiary/aromatic N) is 1. The van der Waals surface area contributed by atoms with Crippen molar-refractivity contribution in [3.05, 3.63) is 29.8 Å². The average molecular weight is 295 g/mol. The molecular formula is C13H17N3O3S. The summed E-state index contributed by atoms with van der Waals surface area (Å²) in [6, 6.07) is 7.11. The summed E-state index contributed by atoms with van der Waals surface area (Å²) >= 11 is 0. The average Bonchev–Trinajstić information content (AvgIpc) is 2.77. The number of carbonyl (C=O) groups is 1. The van der Waals surface area contributed by atoms with E-state index in [-0.39, 0.29) is 17.4 Å².